The Balaban J connectivity index is 3.71. The number of carbonyl (C=O) groups excluding carboxylic acids is 1. The Morgan fingerprint density at radius 3 is 1.75 bits per heavy atom. The first-order valence-corrected chi connectivity index (χ1v) is 12.6. The van der Waals surface area contributed by atoms with Crippen LogP contribution in [0.25, 0.3) is 0 Å². The van der Waals surface area contributed by atoms with Crippen LogP contribution >= 0.6 is 0 Å². The van der Waals surface area contributed by atoms with E-state index in [1.54, 1.807) is 0 Å². The van der Waals surface area contributed by atoms with Gasteiger partial charge in [0.25, 0.3) is 0 Å². The molecule has 0 fully saturated rings. The van der Waals surface area contributed by atoms with Gasteiger partial charge in [-0.15, -0.1) is 0 Å². The first kappa shape index (κ1) is 31.0. The summed E-state index contributed by atoms with van der Waals surface area (Å²) in [4.78, 5) is 13.5. The molecule has 5 N–H and O–H groups in total. The largest absolute Gasteiger partial charge is 0.394 e. The Labute approximate surface area is 195 Å². The fraction of sp³-hybridized carbons (Fsp3) is 0.880. The fourth-order valence-corrected chi connectivity index (χ4v) is 3.59. The summed E-state index contributed by atoms with van der Waals surface area (Å²) in [6.45, 7) is 1.36. The first-order chi connectivity index (χ1) is 15.3. The van der Waals surface area contributed by atoms with Gasteiger partial charge in [-0.3, -0.25) is 4.79 Å². The zero-order valence-corrected chi connectivity index (χ0v) is 20.4. The number of carbonyl (C=O) groups is 1. The molecule has 4 atom stereocenters. The van der Waals surface area contributed by atoms with Crippen LogP contribution in [-0.4, -0.2) is 81.0 Å². The number of hydrogen-bond donors (Lipinski definition) is 5. The van der Waals surface area contributed by atoms with Crippen molar-refractivity contribution in [2.45, 2.75) is 121 Å². The molecular formula is C25H49NO6. The van der Waals surface area contributed by atoms with Crippen LogP contribution in [-0.2, 0) is 4.79 Å². The highest BCUT2D eigenvalue weighted by Gasteiger charge is 2.31. The van der Waals surface area contributed by atoms with Crippen LogP contribution in [0, 0.1) is 0 Å². The van der Waals surface area contributed by atoms with Gasteiger partial charge in [0, 0.05) is 20.0 Å². The summed E-state index contributed by atoms with van der Waals surface area (Å²) in [6, 6.07) is 0. The molecule has 190 valence electrons. The van der Waals surface area contributed by atoms with E-state index in [4.69, 9.17) is 5.11 Å². The quantitative estimate of drug-likeness (QED) is 0.133. The van der Waals surface area contributed by atoms with Gasteiger partial charge in [-0.2, -0.15) is 0 Å². The summed E-state index contributed by atoms with van der Waals surface area (Å²) in [5, 5.41) is 47.5. The van der Waals surface area contributed by atoms with Crippen molar-refractivity contribution in [2.75, 3.05) is 20.2 Å². The summed E-state index contributed by atoms with van der Waals surface area (Å²) in [7, 11) is 1.53. The number of nitrogens with zero attached hydrogens (tertiary/aromatic N) is 1. The van der Waals surface area contributed by atoms with Crippen LogP contribution in [0.1, 0.15) is 96.8 Å². The summed E-state index contributed by atoms with van der Waals surface area (Å²) >= 11 is 0. The van der Waals surface area contributed by atoms with Gasteiger partial charge in [-0.05, 0) is 32.1 Å². The van der Waals surface area contributed by atoms with Gasteiger partial charge in [0.2, 0.25) is 5.91 Å². The smallest absolute Gasteiger partial charge is 0.222 e. The molecule has 7 nitrogen and oxygen atoms in total. The lowest BCUT2D eigenvalue weighted by molar-refractivity contribution is -0.138. The number of rotatable bonds is 21. The van der Waals surface area contributed by atoms with Crippen molar-refractivity contribution in [1.29, 1.82) is 0 Å². The molecule has 0 radical (unpaired) electrons. The number of aliphatic hydroxyl groups is 5. The lowest BCUT2D eigenvalue weighted by Gasteiger charge is -2.28. The molecular weight excluding hydrogens is 410 g/mol. The average Bonchev–Trinajstić information content (AvgIpc) is 2.79. The van der Waals surface area contributed by atoms with Gasteiger partial charge >= 0.3 is 0 Å². The highest BCUT2D eigenvalue weighted by Crippen LogP contribution is 2.11. The van der Waals surface area contributed by atoms with Gasteiger partial charge in [0.05, 0.1) is 6.61 Å². The number of unbranched alkanes of at least 4 members (excludes halogenated alkanes) is 11. The lowest BCUT2D eigenvalue weighted by Crippen LogP contribution is -2.49. The van der Waals surface area contributed by atoms with E-state index in [1.165, 1.54) is 63.3 Å². The molecule has 0 aromatic heterocycles. The SMILES string of the molecule is CCCCCCCC/C=C\CCCCCCCC(=O)N(C)CC(O)C(O)C(O)C(O)CO. The van der Waals surface area contributed by atoms with Gasteiger partial charge in [0.1, 0.15) is 24.4 Å². The minimum atomic E-state index is -1.68. The van der Waals surface area contributed by atoms with Crippen LogP contribution in [0.4, 0.5) is 0 Å². The van der Waals surface area contributed by atoms with Gasteiger partial charge in [-0.25, -0.2) is 0 Å². The van der Waals surface area contributed by atoms with Crippen molar-refractivity contribution in [2.24, 2.45) is 0 Å². The molecule has 32 heavy (non-hydrogen) atoms. The van der Waals surface area contributed by atoms with E-state index >= 15 is 0 Å². The van der Waals surface area contributed by atoms with Crippen molar-refractivity contribution >= 4 is 5.91 Å². The molecule has 0 saturated carbocycles. The molecule has 0 spiro atoms. The van der Waals surface area contributed by atoms with Crippen LogP contribution in [0.15, 0.2) is 12.2 Å². The Morgan fingerprint density at radius 1 is 0.750 bits per heavy atom. The van der Waals surface area contributed by atoms with Gasteiger partial charge in [0.15, 0.2) is 0 Å². The zero-order chi connectivity index (χ0) is 24.2. The maximum Gasteiger partial charge on any atom is 0.222 e. The Kier molecular flexibility index (Phi) is 20.0. The van der Waals surface area contributed by atoms with E-state index in [1.807, 2.05) is 0 Å². The first-order valence-electron chi connectivity index (χ1n) is 12.6. The molecule has 0 heterocycles. The Hall–Kier alpha value is -0.990. The number of hydrogen-bond acceptors (Lipinski definition) is 6. The normalized spacial score (nSPS) is 15.6. The van der Waals surface area contributed by atoms with Crippen LogP contribution < -0.4 is 0 Å². The predicted octanol–water partition coefficient (Wildman–Crippen LogP) is 2.92. The average molecular weight is 460 g/mol. The Morgan fingerprint density at radius 2 is 1.22 bits per heavy atom. The number of amides is 1. The number of likely N-dealkylation sites (N-methyl/N-ethyl adjacent to an activating group) is 1. The molecule has 0 aromatic carbocycles. The fourth-order valence-electron chi connectivity index (χ4n) is 3.59. The second-order valence-electron chi connectivity index (χ2n) is 8.91. The summed E-state index contributed by atoms with van der Waals surface area (Å²) < 4.78 is 0. The van der Waals surface area contributed by atoms with E-state index in [0.717, 1.165) is 32.1 Å². The molecule has 4 unspecified atom stereocenters. The molecule has 0 aliphatic heterocycles. The van der Waals surface area contributed by atoms with Crippen molar-refractivity contribution in [1.82, 2.24) is 4.90 Å². The second kappa shape index (κ2) is 20.6. The topological polar surface area (TPSA) is 121 Å². The van der Waals surface area contributed by atoms with E-state index in [9.17, 15) is 25.2 Å². The molecule has 0 rings (SSSR count). The van der Waals surface area contributed by atoms with E-state index in [2.05, 4.69) is 19.1 Å². The van der Waals surface area contributed by atoms with Crippen LogP contribution in [0.2, 0.25) is 0 Å². The maximum absolute atomic E-state index is 12.2. The molecule has 0 aliphatic carbocycles. The third-order valence-electron chi connectivity index (χ3n) is 5.86. The van der Waals surface area contributed by atoms with Gasteiger partial charge in [-0.1, -0.05) is 70.4 Å². The summed E-state index contributed by atoms with van der Waals surface area (Å²) in [5.41, 5.74) is 0. The highest BCUT2D eigenvalue weighted by molar-refractivity contribution is 5.75. The summed E-state index contributed by atoms with van der Waals surface area (Å²) in [6.07, 6.45) is 14.2. The molecule has 0 aliphatic rings. The van der Waals surface area contributed by atoms with Crippen molar-refractivity contribution in [3.05, 3.63) is 12.2 Å². The third kappa shape index (κ3) is 15.8. The molecule has 0 saturated heterocycles. The molecule has 0 aromatic rings. The number of aliphatic hydroxyl groups excluding tert-OH is 5. The molecule has 1 amide bonds. The van der Waals surface area contributed by atoms with E-state index < -0.39 is 31.0 Å². The Bertz CT molecular complexity index is 473. The van der Waals surface area contributed by atoms with Gasteiger partial charge < -0.3 is 30.4 Å². The monoisotopic (exact) mass is 459 g/mol. The van der Waals surface area contributed by atoms with Crippen molar-refractivity contribution in [3.63, 3.8) is 0 Å². The minimum Gasteiger partial charge on any atom is -0.394 e. The minimum absolute atomic E-state index is 0.133. The standard InChI is InChI=1S/C25H49NO6/c1-3-4-5-6-7-8-9-10-11-12-13-14-15-16-17-18-23(30)26(2)19-21(28)24(31)25(32)22(29)20-27/h10-11,21-22,24-25,27-29,31-32H,3-9,12-20H2,1-2H3/b11-10-. The maximum atomic E-state index is 12.2. The zero-order valence-electron chi connectivity index (χ0n) is 20.4. The van der Waals surface area contributed by atoms with Crippen molar-refractivity contribution < 1.29 is 30.3 Å². The van der Waals surface area contributed by atoms with E-state index in [-0.39, 0.29) is 12.5 Å². The van der Waals surface area contributed by atoms with Crippen molar-refractivity contribution in [3.8, 4) is 0 Å². The predicted molar refractivity (Wildman–Crippen MR) is 128 cm³/mol. The lowest BCUT2D eigenvalue weighted by atomic mass is 10.0. The van der Waals surface area contributed by atoms with Crippen LogP contribution in [0.5, 0.6) is 0 Å². The molecule has 7 heteroatoms. The summed E-state index contributed by atoms with van der Waals surface area (Å²) in [5.74, 6) is -0.133. The molecule has 0 bridgehead atoms. The van der Waals surface area contributed by atoms with E-state index in [0.29, 0.717) is 6.42 Å². The highest BCUT2D eigenvalue weighted by atomic mass is 16.4. The number of allylic oxidation sites excluding steroid dienone is 2. The second-order valence-corrected chi connectivity index (χ2v) is 8.91. The third-order valence-corrected chi connectivity index (χ3v) is 5.86. The van der Waals surface area contributed by atoms with Crippen LogP contribution in [0.3, 0.4) is 0 Å².